The second-order valence-corrected chi connectivity index (χ2v) is 12.6. The van der Waals surface area contributed by atoms with Crippen LogP contribution in [-0.4, -0.2) is 22.0 Å². The molecule has 6 unspecified atom stereocenters. The molecule has 3 aliphatic rings. The predicted octanol–water partition coefficient (Wildman–Crippen LogP) is 6.37. The van der Waals surface area contributed by atoms with E-state index < -0.39 is 0 Å². The van der Waals surface area contributed by atoms with Gasteiger partial charge in [-0.3, -0.25) is 4.90 Å². The first-order valence-corrected chi connectivity index (χ1v) is 10.5. The van der Waals surface area contributed by atoms with E-state index in [1.807, 2.05) is 0 Å². The van der Waals surface area contributed by atoms with Gasteiger partial charge in [-0.15, -0.1) is 0 Å². The van der Waals surface area contributed by atoms with Gasteiger partial charge >= 0.3 is 0 Å². The Morgan fingerprint density at radius 1 is 1.00 bits per heavy atom. The largest absolute Gasteiger partial charge is 0.289 e. The molecule has 0 aromatic rings. The van der Waals surface area contributed by atoms with Crippen molar-refractivity contribution in [1.29, 1.82) is 0 Å². The van der Waals surface area contributed by atoms with E-state index in [1.54, 1.807) is 0 Å². The van der Waals surface area contributed by atoms with E-state index in [9.17, 15) is 0 Å². The predicted molar refractivity (Wildman–Crippen MR) is 105 cm³/mol. The Labute approximate surface area is 152 Å². The first-order chi connectivity index (χ1) is 10.7. The molecule has 0 aromatic heterocycles. The molecule has 1 heteroatoms. The molecule has 3 rings (SSSR count). The Hall–Kier alpha value is -0.0400. The third-order valence-electron chi connectivity index (χ3n) is 7.96. The number of hydrogen-bond acceptors (Lipinski definition) is 1. The molecular weight excluding hydrogens is 290 g/mol. The van der Waals surface area contributed by atoms with Gasteiger partial charge in [-0.1, -0.05) is 48.5 Å². The summed E-state index contributed by atoms with van der Waals surface area (Å²) >= 11 is 0. The van der Waals surface area contributed by atoms with Gasteiger partial charge in [0.05, 0.1) is 0 Å². The number of nitrogens with zero attached hydrogens (tertiary/aromatic N) is 1. The van der Waals surface area contributed by atoms with Crippen molar-refractivity contribution in [3.63, 3.8) is 0 Å². The second-order valence-electron chi connectivity index (χ2n) is 12.6. The lowest BCUT2D eigenvalue weighted by Gasteiger charge is -2.62. The topological polar surface area (TPSA) is 3.24 Å². The molecule has 1 aliphatic carbocycles. The maximum atomic E-state index is 2.96. The highest BCUT2D eigenvalue weighted by Gasteiger charge is 2.73. The third kappa shape index (κ3) is 2.87. The highest BCUT2D eigenvalue weighted by atomic mass is 15.4. The molecule has 2 heterocycles. The van der Waals surface area contributed by atoms with Gasteiger partial charge in [0, 0.05) is 17.1 Å². The molecule has 0 bridgehead atoms. The summed E-state index contributed by atoms with van der Waals surface area (Å²) in [7, 11) is 0. The van der Waals surface area contributed by atoms with Crippen LogP contribution in [0.4, 0.5) is 0 Å². The lowest BCUT2D eigenvalue weighted by atomic mass is 9.58. The molecule has 0 amide bonds. The maximum Gasteiger partial charge on any atom is 0.0237 e. The SMILES string of the molecule is CC1CC(C)(C)C(C(C)CC(C)(C)C)CC(C)(C)N2C1C1CC12C. The van der Waals surface area contributed by atoms with Crippen molar-refractivity contribution in [2.75, 3.05) is 0 Å². The fourth-order valence-corrected chi connectivity index (χ4v) is 7.43. The summed E-state index contributed by atoms with van der Waals surface area (Å²) in [6.07, 6.45) is 5.56. The normalized spacial score (nSPS) is 45.2. The minimum absolute atomic E-state index is 0.342. The van der Waals surface area contributed by atoms with Crippen molar-refractivity contribution in [3.8, 4) is 0 Å². The average molecular weight is 334 g/mol. The van der Waals surface area contributed by atoms with E-state index in [0.717, 1.165) is 29.7 Å². The fourth-order valence-electron chi connectivity index (χ4n) is 7.43. The van der Waals surface area contributed by atoms with Gasteiger partial charge in [-0.2, -0.15) is 0 Å². The van der Waals surface area contributed by atoms with E-state index in [-0.39, 0.29) is 0 Å². The maximum absolute atomic E-state index is 2.96. The molecule has 0 spiro atoms. The van der Waals surface area contributed by atoms with Crippen LogP contribution in [0.5, 0.6) is 0 Å². The van der Waals surface area contributed by atoms with Crippen LogP contribution in [0.1, 0.15) is 94.9 Å². The lowest BCUT2D eigenvalue weighted by molar-refractivity contribution is -0.132. The molecule has 2 saturated heterocycles. The average Bonchev–Trinajstić information content (AvgIpc) is 2.87. The quantitative estimate of drug-likeness (QED) is 0.567. The van der Waals surface area contributed by atoms with Gasteiger partial charge < -0.3 is 0 Å². The van der Waals surface area contributed by atoms with Gasteiger partial charge in [-0.25, -0.2) is 0 Å². The molecule has 0 aromatic carbocycles. The monoisotopic (exact) mass is 333 g/mol. The summed E-state index contributed by atoms with van der Waals surface area (Å²) in [5, 5.41) is 0. The number of rotatable bonds is 2. The van der Waals surface area contributed by atoms with Crippen LogP contribution in [0.15, 0.2) is 0 Å². The molecule has 0 N–H and O–H groups in total. The standard InChI is InChI=1S/C23H43N/c1-15(11-20(3,4)5)17-13-22(8,9)24-19(18-14-23(18,24)10)16(2)12-21(17,6)7/h15-19H,11-14H2,1-10H3. The number of hydrogen-bond donors (Lipinski definition) is 0. The van der Waals surface area contributed by atoms with Crippen molar-refractivity contribution in [2.45, 2.75) is 112 Å². The minimum Gasteiger partial charge on any atom is -0.289 e. The molecule has 1 saturated carbocycles. The summed E-state index contributed by atoms with van der Waals surface area (Å²) in [6.45, 7) is 25.1. The molecule has 1 nitrogen and oxygen atoms in total. The van der Waals surface area contributed by atoms with Crippen molar-refractivity contribution < 1.29 is 0 Å². The van der Waals surface area contributed by atoms with Crippen LogP contribution in [0.2, 0.25) is 0 Å². The molecule has 140 valence electrons. The van der Waals surface area contributed by atoms with Crippen molar-refractivity contribution in [3.05, 3.63) is 0 Å². The Kier molecular flexibility index (Phi) is 4.09. The summed E-state index contributed by atoms with van der Waals surface area (Å²) in [5.74, 6) is 3.44. The van der Waals surface area contributed by atoms with Crippen LogP contribution in [-0.2, 0) is 0 Å². The first kappa shape index (κ1) is 18.7. The van der Waals surface area contributed by atoms with E-state index >= 15 is 0 Å². The van der Waals surface area contributed by atoms with Crippen molar-refractivity contribution in [1.82, 2.24) is 4.90 Å². The van der Waals surface area contributed by atoms with Crippen LogP contribution < -0.4 is 0 Å². The Balaban J connectivity index is 1.89. The highest BCUT2D eigenvalue weighted by molar-refractivity contribution is 5.28. The molecule has 3 fully saturated rings. The van der Waals surface area contributed by atoms with Gasteiger partial charge in [-0.05, 0) is 81.0 Å². The highest BCUT2D eigenvalue weighted by Crippen LogP contribution is 2.68. The Bertz CT molecular complexity index is 497. The third-order valence-corrected chi connectivity index (χ3v) is 7.96. The molecular formula is C23H43N. The second kappa shape index (κ2) is 5.24. The van der Waals surface area contributed by atoms with Crippen LogP contribution >= 0.6 is 0 Å². The smallest absolute Gasteiger partial charge is 0.0237 e. The zero-order valence-corrected chi connectivity index (χ0v) is 18.2. The zero-order valence-electron chi connectivity index (χ0n) is 18.2. The van der Waals surface area contributed by atoms with Gasteiger partial charge in [0.1, 0.15) is 0 Å². The lowest BCUT2D eigenvalue weighted by Crippen LogP contribution is -2.69. The Morgan fingerprint density at radius 3 is 2.12 bits per heavy atom. The molecule has 0 radical (unpaired) electrons. The molecule has 6 atom stereocenters. The van der Waals surface area contributed by atoms with E-state index in [0.29, 0.717) is 21.9 Å². The van der Waals surface area contributed by atoms with Crippen LogP contribution in [0, 0.1) is 34.5 Å². The van der Waals surface area contributed by atoms with Crippen LogP contribution in [0.3, 0.4) is 0 Å². The fraction of sp³-hybridized carbons (Fsp3) is 1.00. The summed E-state index contributed by atoms with van der Waals surface area (Å²) in [4.78, 5) is 2.96. The summed E-state index contributed by atoms with van der Waals surface area (Å²) in [6, 6.07) is 0.850. The first-order valence-electron chi connectivity index (χ1n) is 10.5. The summed E-state index contributed by atoms with van der Waals surface area (Å²) in [5.41, 5.74) is 1.77. The van der Waals surface area contributed by atoms with Crippen molar-refractivity contribution >= 4 is 0 Å². The van der Waals surface area contributed by atoms with Gasteiger partial charge in [0.2, 0.25) is 0 Å². The molecule has 2 aliphatic heterocycles. The van der Waals surface area contributed by atoms with Crippen LogP contribution in [0.25, 0.3) is 0 Å². The van der Waals surface area contributed by atoms with E-state index in [1.165, 1.54) is 25.7 Å². The van der Waals surface area contributed by atoms with E-state index in [4.69, 9.17) is 0 Å². The number of fused-ring (bicyclic) bond motifs is 4. The van der Waals surface area contributed by atoms with E-state index in [2.05, 4.69) is 74.1 Å². The Morgan fingerprint density at radius 2 is 1.58 bits per heavy atom. The summed E-state index contributed by atoms with van der Waals surface area (Å²) < 4.78 is 0. The van der Waals surface area contributed by atoms with Gasteiger partial charge in [0.25, 0.3) is 0 Å². The van der Waals surface area contributed by atoms with Crippen molar-refractivity contribution in [2.24, 2.45) is 34.5 Å². The van der Waals surface area contributed by atoms with Gasteiger partial charge in [0.15, 0.2) is 0 Å². The zero-order chi connectivity index (χ0) is 18.3. The minimum atomic E-state index is 0.342. The molecule has 24 heavy (non-hydrogen) atoms.